The number of likely N-dealkylation sites (tertiary alicyclic amines) is 1. The van der Waals surface area contributed by atoms with E-state index in [2.05, 4.69) is 4.72 Å². The molecule has 1 heterocycles. The van der Waals surface area contributed by atoms with E-state index in [4.69, 9.17) is 4.74 Å². The summed E-state index contributed by atoms with van der Waals surface area (Å²) in [6.07, 6.45) is 3.63. The lowest BCUT2D eigenvalue weighted by atomic mass is 10.1. The van der Waals surface area contributed by atoms with Crippen molar-refractivity contribution in [3.05, 3.63) is 30.3 Å². The van der Waals surface area contributed by atoms with Gasteiger partial charge in [-0.1, -0.05) is 18.2 Å². The molecule has 0 unspecified atom stereocenters. The van der Waals surface area contributed by atoms with Gasteiger partial charge in [-0.15, -0.1) is 0 Å². The van der Waals surface area contributed by atoms with E-state index in [1.165, 1.54) is 0 Å². The Morgan fingerprint density at radius 2 is 1.91 bits per heavy atom. The Morgan fingerprint density at radius 1 is 1.26 bits per heavy atom. The van der Waals surface area contributed by atoms with Crippen molar-refractivity contribution in [1.29, 1.82) is 0 Å². The average Bonchev–Trinajstić information content (AvgIpc) is 2.51. The maximum atomic E-state index is 12.1. The molecule has 1 aromatic carbocycles. The minimum Gasteiger partial charge on any atom is -0.494 e. The molecule has 0 aliphatic carbocycles. The van der Waals surface area contributed by atoms with Gasteiger partial charge in [-0.3, -0.25) is 4.79 Å². The van der Waals surface area contributed by atoms with Gasteiger partial charge in [-0.2, -0.15) is 0 Å². The average molecular weight is 340 g/mol. The summed E-state index contributed by atoms with van der Waals surface area (Å²) in [5, 5.41) is 0. The molecule has 0 aromatic heterocycles. The maximum Gasteiger partial charge on any atom is 0.222 e. The number of hydrogen-bond acceptors (Lipinski definition) is 4. The number of piperidine rings is 1. The first-order valence-corrected chi connectivity index (χ1v) is 9.76. The molecule has 0 atom stereocenters. The lowest BCUT2D eigenvalue weighted by Crippen LogP contribution is -2.46. The number of amides is 1. The predicted molar refractivity (Wildman–Crippen MR) is 88.8 cm³/mol. The van der Waals surface area contributed by atoms with E-state index in [0.717, 1.165) is 12.0 Å². The molecule has 6 nitrogen and oxygen atoms in total. The molecule has 0 bridgehead atoms. The SMILES string of the molecule is CS(=O)(=O)NC1CCN(C(=O)CCCOc2ccccc2)CC1. The van der Waals surface area contributed by atoms with E-state index in [1.807, 2.05) is 35.2 Å². The molecule has 1 saturated heterocycles. The highest BCUT2D eigenvalue weighted by molar-refractivity contribution is 7.88. The number of benzene rings is 1. The van der Waals surface area contributed by atoms with Crippen LogP contribution in [0.25, 0.3) is 0 Å². The van der Waals surface area contributed by atoms with Crippen LogP contribution in [-0.4, -0.2) is 51.2 Å². The molecule has 1 fully saturated rings. The topological polar surface area (TPSA) is 75.7 Å². The Morgan fingerprint density at radius 3 is 2.52 bits per heavy atom. The van der Waals surface area contributed by atoms with Gasteiger partial charge < -0.3 is 9.64 Å². The maximum absolute atomic E-state index is 12.1. The van der Waals surface area contributed by atoms with Gasteiger partial charge in [0.05, 0.1) is 12.9 Å². The predicted octanol–water partition coefficient (Wildman–Crippen LogP) is 1.39. The molecular weight excluding hydrogens is 316 g/mol. The molecule has 2 rings (SSSR count). The fourth-order valence-corrected chi connectivity index (χ4v) is 3.48. The number of rotatable bonds is 7. The number of carbonyl (C=O) groups excluding carboxylic acids is 1. The van der Waals surface area contributed by atoms with Crippen molar-refractivity contribution in [2.45, 2.75) is 31.7 Å². The minimum atomic E-state index is -3.18. The van der Waals surface area contributed by atoms with Crippen LogP contribution in [0.1, 0.15) is 25.7 Å². The van der Waals surface area contributed by atoms with Crippen LogP contribution in [0.3, 0.4) is 0 Å². The second kappa shape index (κ2) is 8.31. The van der Waals surface area contributed by atoms with Crippen molar-refractivity contribution >= 4 is 15.9 Å². The van der Waals surface area contributed by atoms with Crippen LogP contribution in [0.2, 0.25) is 0 Å². The van der Waals surface area contributed by atoms with Crippen molar-refractivity contribution < 1.29 is 17.9 Å². The Kier molecular flexibility index (Phi) is 6.41. The van der Waals surface area contributed by atoms with E-state index in [1.54, 1.807) is 0 Å². The normalized spacial score (nSPS) is 16.3. The second-order valence-electron chi connectivity index (χ2n) is 5.81. The molecule has 7 heteroatoms. The van der Waals surface area contributed by atoms with Gasteiger partial charge in [0, 0.05) is 25.6 Å². The fourth-order valence-electron chi connectivity index (χ4n) is 2.64. The summed E-state index contributed by atoms with van der Waals surface area (Å²) >= 11 is 0. The third-order valence-electron chi connectivity index (χ3n) is 3.78. The van der Waals surface area contributed by atoms with Crippen LogP contribution in [0.4, 0.5) is 0 Å². The first kappa shape index (κ1) is 17.7. The molecule has 1 N–H and O–H groups in total. The monoisotopic (exact) mass is 340 g/mol. The summed E-state index contributed by atoms with van der Waals surface area (Å²) < 4.78 is 30.6. The molecule has 0 spiro atoms. The largest absolute Gasteiger partial charge is 0.494 e. The lowest BCUT2D eigenvalue weighted by molar-refractivity contribution is -0.132. The summed E-state index contributed by atoms with van der Waals surface area (Å²) in [4.78, 5) is 13.9. The van der Waals surface area contributed by atoms with Crippen molar-refractivity contribution in [3.63, 3.8) is 0 Å². The number of nitrogens with one attached hydrogen (secondary N) is 1. The van der Waals surface area contributed by atoms with E-state index in [-0.39, 0.29) is 11.9 Å². The van der Waals surface area contributed by atoms with Crippen LogP contribution < -0.4 is 9.46 Å². The van der Waals surface area contributed by atoms with Crippen LogP contribution in [-0.2, 0) is 14.8 Å². The standard InChI is InChI=1S/C16H24N2O4S/c1-23(20,21)17-14-9-11-18(12-10-14)16(19)8-5-13-22-15-6-3-2-4-7-15/h2-4,6-7,14,17H,5,8-13H2,1H3. The number of para-hydroxylation sites is 1. The third-order valence-corrected chi connectivity index (χ3v) is 4.54. The zero-order chi connectivity index (χ0) is 16.7. The number of carbonyl (C=O) groups is 1. The first-order chi connectivity index (χ1) is 10.9. The summed E-state index contributed by atoms with van der Waals surface area (Å²) in [5.41, 5.74) is 0. The summed E-state index contributed by atoms with van der Waals surface area (Å²) in [6.45, 7) is 1.72. The first-order valence-electron chi connectivity index (χ1n) is 7.87. The van der Waals surface area contributed by atoms with Crippen molar-refractivity contribution in [2.24, 2.45) is 0 Å². The van der Waals surface area contributed by atoms with Crippen molar-refractivity contribution in [1.82, 2.24) is 9.62 Å². The molecule has 1 aliphatic rings. The van der Waals surface area contributed by atoms with Crippen molar-refractivity contribution in [2.75, 3.05) is 26.0 Å². The Balaban J connectivity index is 1.63. The zero-order valence-corrected chi connectivity index (χ0v) is 14.2. The van der Waals surface area contributed by atoms with Crippen LogP contribution in [0.5, 0.6) is 5.75 Å². The fraction of sp³-hybridized carbons (Fsp3) is 0.562. The molecule has 0 radical (unpaired) electrons. The number of nitrogens with zero attached hydrogens (tertiary/aromatic N) is 1. The summed E-state index contributed by atoms with van der Waals surface area (Å²) in [7, 11) is -3.18. The Labute approximate surface area is 137 Å². The van der Waals surface area contributed by atoms with Gasteiger partial charge in [0.15, 0.2) is 0 Å². The smallest absolute Gasteiger partial charge is 0.222 e. The van der Waals surface area contributed by atoms with Gasteiger partial charge in [-0.25, -0.2) is 13.1 Å². The van der Waals surface area contributed by atoms with Gasteiger partial charge in [0.2, 0.25) is 15.9 Å². The molecule has 1 aromatic rings. The van der Waals surface area contributed by atoms with Crippen molar-refractivity contribution in [3.8, 4) is 5.75 Å². The summed E-state index contributed by atoms with van der Waals surface area (Å²) in [5.74, 6) is 0.923. The molecular formula is C16H24N2O4S. The number of sulfonamides is 1. The molecule has 128 valence electrons. The zero-order valence-electron chi connectivity index (χ0n) is 13.4. The molecule has 1 aliphatic heterocycles. The lowest BCUT2D eigenvalue weighted by Gasteiger charge is -2.32. The number of hydrogen-bond donors (Lipinski definition) is 1. The molecule has 23 heavy (non-hydrogen) atoms. The Bertz CT molecular complexity index is 596. The molecule has 0 saturated carbocycles. The van der Waals surface area contributed by atoms with E-state index in [0.29, 0.717) is 45.4 Å². The van der Waals surface area contributed by atoms with E-state index in [9.17, 15) is 13.2 Å². The van der Waals surface area contributed by atoms with E-state index < -0.39 is 10.0 Å². The van der Waals surface area contributed by atoms with E-state index >= 15 is 0 Å². The quantitative estimate of drug-likeness (QED) is 0.761. The second-order valence-corrected chi connectivity index (χ2v) is 7.59. The molecule has 1 amide bonds. The van der Waals surface area contributed by atoms with Crippen LogP contribution in [0, 0.1) is 0 Å². The van der Waals surface area contributed by atoms with Gasteiger partial charge >= 0.3 is 0 Å². The highest BCUT2D eigenvalue weighted by Crippen LogP contribution is 2.13. The van der Waals surface area contributed by atoms with Crippen LogP contribution in [0.15, 0.2) is 30.3 Å². The number of ether oxygens (including phenoxy) is 1. The minimum absolute atomic E-state index is 0.0598. The third kappa shape index (κ3) is 6.58. The van der Waals surface area contributed by atoms with Gasteiger partial charge in [-0.05, 0) is 31.4 Å². The van der Waals surface area contributed by atoms with Gasteiger partial charge in [0.25, 0.3) is 0 Å². The highest BCUT2D eigenvalue weighted by atomic mass is 32.2. The van der Waals surface area contributed by atoms with Gasteiger partial charge in [0.1, 0.15) is 5.75 Å². The highest BCUT2D eigenvalue weighted by Gasteiger charge is 2.24. The Hall–Kier alpha value is -1.60. The summed E-state index contributed by atoms with van der Waals surface area (Å²) in [6, 6.07) is 9.47. The van der Waals surface area contributed by atoms with Crippen LogP contribution >= 0.6 is 0 Å².